The number of benzene rings is 1. The summed E-state index contributed by atoms with van der Waals surface area (Å²) in [5, 5.41) is 0. The van der Waals surface area contributed by atoms with Gasteiger partial charge in [-0.1, -0.05) is 50.3 Å². The fraction of sp³-hybridized carbons (Fsp3) is 0.600. The molecule has 1 aliphatic heterocycles. The van der Waals surface area contributed by atoms with Crippen LogP contribution in [-0.4, -0.2) is 22.8 Å². The molecular weight excluding hydrogens is 286 g/mol. The number of rotatable bonds is 3. The fourth-order valence-electron chi connectivity index (χ4n) is 4.39. The maximum Gasteiger partial charge on any atom is 0.261 e. The molecule has 1 fully saturated rings. The van der Waals surface area contributed by atoms with Gasteiger partial charge in [0.15, 0.2) is 0 Å². The molecule has 0 N–H and O–H groups in total. The second-order valence-electron chi connectivity index (χ2n) is 7.66. The van der Waals surface area contributed by atoms with Gasteiger partial charge in [-0.2, -0.15) is 0 Å². The Morgan fingerprint density at radius 2 is 1.78 bits per heavy atom. The van der Waals surface area contributed by atoms with Gasteiger partial charge in [0.2, 0.25) is 5.91 Å². The van der Waals surface area contributed by atoms with Gasteiger partial charge in [-0.05, 0) is 44.7 Å². The van der Waals surface area contributed by atoms with Crippen LogP contribution >= 0.6 is 0 Å². The molecule has 1 aliphatic carbocycles. The smallest absolute Gasteiger partial charge is 0.261 e. The standard InChI is InChI=1S/C20H27NO2/c1-14(2)21-18(22)16-11-7-8-12-17(16)20(3,19(21)23)13-15-9-5-4-6-10-15/h7-8,11-12,14-15H,4-6,9-10,13H2,1-3H3. The van der Waals surface area contributed by atoms with E-state index in [0.29, 0.717) is 11.5 Å². The van der Waals surface area contributed by atoms with E-state index in [-0.39, 0.29) is 17.9 Å². The van der Waals surface area contributed by atoms with Gasteiger partial charge in [0, 0.05) is 11.6 Å². The van der Waals surface area contributed by atoms with E-state index >= 15 is 0 Å². The van der Waals surface area contributed by atoms with Gasteiger partial charge < -0.3 is 0 Å². The van der Waals surface area contributed by atoms with E-state index in [4.69, 9.17) is 0 Å². The van der Waals surface area contributed by atoms with Crippen LogP contribution in [0.1, 0.15) is 75.2 Å². The summed E-state index contributed by atoms with van der Waals surface area (Å²) in [4.78, 5) is 27.5. The number of hydrogen-bond donors (Lipinski definition) is 0. The first-order valence-corrected chi connectivity index (χ1v) is 8.92. The predicted octanol–water partition coefficient (Wildman–Crippen LogP) is 4.31. The molecule has 0 radical (unpaired) electrons. The van der Waals surface area contributed by atoms with Gasteiger partial charge in [-0.3, -0.25) is 14.5 Å². The summed E-state index contributed by atoms with van der Waals surface area (Å²) in [7, 11) is 0. The van der Waals surface area contributed by atoms with Crippen molar-refractivity contribution >= 4 is 11.8 Å². The van der Waals surface area contributed by atoms with E-state index in [2.05, 4.69) is 0 Å². The van der Waals surface area contributed by atoms with E-state index in [1.54, 1.807) is 0 Å². The zero-order valence-electron chi connectivity index (χ0n) is 14.5. The molecule has 3 nitrogen and oxygen atoms in total. The summed E-state index contributed by atoms with van der Waals surface area (Å²) >= 11 is 0. The highest BCUT2D eigenvalue weighted by molar-refractivity contribution is 6.13. The summed E-state index contributed by atoms with van der Waals surface area (Å²) < 4.78 is 0. The Labute approximate surface area is 139 Å². The number of hydrogen-bond acceptors (Lipinski definition) is 2. The molecule has 1 heterocycles. The topological polar surface area (TPSA) is 37.4 Å². The minimum Gasteiger partial charge on any atom is -0.275 e. The van der Waals surface area contributed by atoms with Gasteiger partial charge >= 0.3 is 0 Å². The van der Waals surface area contributed by atoms with Crippen LogP contribution in [-0.2, 0) is 10.2 Å². The molecule has 2 amide bonds. The first kappa shape index (κ1) is 16.2. The van der Waals surface area contributed by atoms with Gasteiger partial charge in [0.1, 0.15) is 0 Å². The van der Waals surface area contributed by atoms with Crippen molar-refractivity contribution in [3.8, 4) is 0 Å². The Balaban J connectivity index is 2.03. The summed E-state index contributed by atoms with van der Waals surface area (Å²) in [6.45, 7) is 5.89. The Bertz CT molecular complexity index is 616. The van der Waals surface area contributed by atoms with Gasteiger partial charge in [0.05, 0.1) is 5.41 Å². The van der Waals surface area contributed by atoms with Crippen LogP contribution in [0.2, 0.25) is 0 Å². The molecule has 1 atom stereocenters. The molecule has 3 rings (SSSR count). The molecule has 0 spiro atoms. The second-order valence-corrected chi connectivity index (χ2v) is 7.66. The summed E-state index contributed by atoms with van der Waals surface area (Å²) in [6, 6.07) is 7.59. The van der Waals surface area contributed by atoms with Crippen LogP contribution in [0.4, 0.5) is 0 Å². The van der Waals surface area contributed by atoms with Crippen LogP contribution < -0.4 is 0 Å². The molecule has 1 unspecified atom stereocenters. The van der Waals surface area contributed by atoms with E-state index in [0.717, 1.165) is 12.0 Å². The zero-order valence-corrected chi connectivity index (χ0v) is 14.5. The van der Waals surface area contributed by atoms with Crippen LogP contribution in [0.25, 0.3) is 0 Å². The number of nitrogens with zero attached hydrogens (tertiary/aromatic N) is 1. The SMILES string of the molecule is CC(C)N1C(=O)c2ccccc2C(C)(CC2CCCCC2)C1=O. The molecule has 2 aliphatic rings. The van der Waals surface area contributed by atoms with Gasteiger partial charge in [-0.25, -0.2) is 0 Å². The van der Waals surface area contributed by atoms with Crippen molar-refractivity contribution in [3.63, 3.8) is 0 Å². The fourth-order valence-corrected chi connectivity index (χ4v) is 4.39. The van der Waals surface area contributed by atoms with Crippen LogP contribution in [0.3, 0.4) is 0 Å². The molecule has 0 saturated heterocycles. The Kier molecular flexibility index (Phi) is 4.31. The molecule has 23 heavy (non-hydrogen) atoms. The highest BCUT2D eigenvalue weighted by Crippen LogP contribution is 2.43. The first-order chi connectivity index (χ1) is 10.9. The lowest BCUT2D eigenvalue weighted by atomic mass is 9.68. The minimum absolute atomic E-state index is 0.0122. The van der Waals surface area contributed by atoms with Crippen LogP contribution in [0, 0.1) is 5.92 Å². The third kappa shape index (κ3) is 2.71. The average molecular weight is 313 g/mol. The molecule has 0 bridgehead atoms. The molecule has 3 heteroatoms. The van der Waals surface area contributed by atoms with E-state index in [1.807, 2.05) is 45.0 Å². The maximum absolute atomic E-state index is 13.2. The summed E-state index contributed by atoms with van der Waals surface area (Å²) in [6.07, 6.45) is 7.13. The maximum atomic E-state index is 13.2. The number of fused-ring (bicyclic) bond motifs is 1. The lowest BCUT2D eigenvalue weighted by molar-refractivity contribution is -0.137. The second kappa shape index (κ2) is 6.10. The quantitative estimate of drug-likeness (QED) is 0.780. The van der Waals surface area contributed by atoms with Crippen molar-refractivity contribution in [3.05, 3.63) is 35.4 Å². The van der Waals surface area contributed by atoms with Crippen molar-refractivity contribution in [1.29, 1.82) is 0 Å². The van der Waals surface area contributed by atoms with Crippen molar-refractivity contribution in [1.82, 2.24) is 4.90 Å². The monoisotopic (exact) mass is 313 g/mol. The summed E-state index contributed by atoms with van der Waals surface area (Å²) in [5.41, 5.74) is 1.06. The van der Waals surface area contributed by atoms with E-state index in [9.17, 15) is 9.59 Å². The van der Waals surface area contributed by atoms with Crippen molar-refractivity contribution in [2.75, 3.05) is 0 Å². The number of carbonyl (C=O) groups excluding carboxylic acids is 2. The van der Waals surface area contributed by atoms with Crippen molar-refractivity contribution < 1.29 is 9.59 Å². The lowest BCUT2D eigenvalue weighted by Crippen LogP contribution is -2.56. The predicted molar refractivity (Wildman–Crippen MR) is 91.3 cm³/mol. The molecule has 1 saturated carbocycles. The largest absolute Gasteiger partial charge is 0.275 e. The Morgan fingerprint density at radius 1 is 1.13 bits per heavy atom. The number of carbonyl (C=O) groups is 2. The average Bonchev–Trinajstić information content (AvgIpc) is 2.54. The lowest BCUT2D eigenvalue weighted by Gasteiger charge is -2.43. The van der Waals surface area contributed by atoms with E-state index in [1.165, 1.54) is 37.0 Å². The Morgan fingerprint density at radius 3 is 2.43 bits per heavy atom. The van der Waals surface area contributed by atoms with Crippen LogP contribution in [0.15, 0.2) is 24.3 Å². The van der Waals surface area contributed by atoms with Gasteiger partial charge in [-0.15, -0.1) is 0 Å². The molecule has 1 aromatic rings. The minimum atomic E-state index is -0.573. The third-order valence-corrected chi connectivity index (χ3v) is 5.60. The Hall–Kier alpha value is -1.64. The van der Waals surface area contributed by atoms with Crippen molar-refractivity contribution in [2.45, 2.75) is 70.8 Å². The first-order valence-electron chi connectivity index (χ1n) is 8.92. The number of amides is 2. The van der Waals surface area contributed by atoms with E-state index < -0.39 is 5.41 Å². The number of imide groups is 1. The molecule has 124 valence electrons. The molecule has 0 aromatic heterocycles. The van der Waals surface area contributed by atoms with Crippen molar-refractivity contribution in [2.24, 2.45) is 5.92 Å². The molecular formula is C20H27NO2. The molecule has 1 aromatic carbocycles. The summed E-state index contributed by atoms with van der Waals surface area (Å²) in [5.74, 6) is 0.441. The highest BCUT2D eigenvalue weighted by Gasteiger charge is 2.48. The zero-order chi connectivity index (χ0) is 16.6. The van der Waals surface area contributed by atoms with Crippen LogP contribution in [0.5, 0.6) is 0 Å². The highest BCUT2D eigenvalue weighted by atomic mass is 16.2. The normalized spacial score (nSPS) is 25.8. The van der Waals surface area contributed by atoms with Gasteiger partial charge in [0.25, 0.3) is 5.91 Å². The third-order valence-electron chi connectivity index (χ3n) is 5.60.